The molecule has 0 atom stereocenters. The van der Waals surface area contributed by atoms with Gasteiger partial charge in [-0.3, -0.25) is 9.88 Å². The number of anilines is 2. The molecular weight excluding hydrogens is 403 g/mol. The number of amides is 2. The SMILES string of the molecule is COc1cc2c(cc1C(F)(F)F)N(C(=O)N(Br)c1cccnc1)CC2. The van der Waals surface area contributed by atoms with Gasteiger partial charge in [-0.2, -0.15) is 13.2 Å². The molecule has 0 saturated carbocycles. The summed E-state index contributed by atoms with van der Waals surface area (Å²) in [6.45, 7) is 0.279. The average Bonchev–Trinajstić information content (AvgIpc) is 3.02. The molecule has 3 rings (SSSR count). The summed E-state index contributed by atoms with van der Waals surface area (Å²) in [4.78, 5) is 17.9. The zero-order valence-corrected chi connectivity index (χ0v) is 14.6. The predicted octanol–water partition coefficient (Wildman–Crippen LogP) is 4.41. The van der Waals surface area contributed by atoms with E-state index in [0.29, 0.717) is 17.7 Å². The van der Waals surface area contributed by atoms with E-state index >= 15 is 0 Å². The smallest absolute Gasteiger partial charge is 0.420 e. The van der Waals surface area contributed by atoms with Crippen molar-refractivity contribution in [3.05, 3.63) is 47.8 Å². The van der Waals surface area contributed by atoms with Gasteiger partial charge >= 0.3 is 12.2 Å². The Labute approximate surface area is 150 Å². The normalized spacial score (nSPS) is 13.6. The summed E-state index contributed by atoms with van der Waals surface area (Å²) in [5.74, 6) is -0.247. The third kappa shape index (κ3) is 3.28. The van der Waals surface area contributed by atoms with Crippen molar-refractivity contribution in [2.75, 3.05) is 22.5 Å². The zero-order chi connectivity index (χ0) is 18.2. The standard InChI is InChI=1S/C16H13BrF3N3O2/c1-25-14-7-10-4-6-22(13(10)8-12(14)16(18,19)20)15(24)23(17)11-3-2-5-21-9-11/h2-3,5,7-9H,4,6H2,1H3. The lowest BCUT2D eigenvalue weighted by Gasteiger charge is -2.24. The lowest BCUT2D eigenvalue weighted by atomic mass is 10.1. The van der Waals surface area contributed by atoms with E-state index in [1.807, 2.05) is 0 Å². The highest BCUT2D eigenvalue weighted by molar-refractivity contribution is 9.10. The Morgan fingerprint density at radius 1 is 1.40 bits per heavy atom. The Kier molecular flexibility index (Phi) is 4.59. The van der Waals surface area contributed by atoms with Crippen LogP contribution in [-0.2, 0) is 12.6 Å². The average molecular weight is 416 g/mol. The van der Waals surface area contributed by atoms with Crippen molar-refractivity contribution >= 4 is 33.6 Å². The van der Waals surface area contributed by atoms with Gasteiger partial charge < -0.3 is 4.74 Å². The van der Waals surface area contributed by atoms with Gasteiger partial charge in [0.05, 0.1) is 40.7 Å². The second-order valence-corrected chi connectivity index (χ2v) is 6.06. The fourth-order valence-electron chi connectivity index (χ4n) is 2.69. The van der Waals surface area contributed by atoms with Crippen LogP contribution in [0.1, 0.15) is 11.1 Å². The van der Waals surface area contributed by atoms with Gasteiger partial charge in [0.25, 0.3) is 0 Å². The van der Waals surface area contributed by atoms with E-state index in [9.17, 15) is 18.0 Å². The molecule has 1 aliphatic heterocycles. The van der Waals surface area contributed by atoms with Gasteiger partial charge in [-0.05, 0) is 36.2 Å². The largest absolute Gasteiger partial charge is 0.496 e. The molecule has 0 N–H and O–H groups in total. The van der Waals surface area contributed by atoms with E-state index in [2.05, 4.69) is 21.1 Å². The maximum atomic E-state index is 13.2. The van der Waals surface area contributed by atoms with Crippen molar-refractivity contribution in [3.8, 4) is 5.75 Å². The van der Waals surface area contributed by atoms with Crippen LogP contribution in [0.2, 0.25) is 0 Å². The van der Waals surface area contributed by atoms with Crippen molar-refractivity contribution < 1.29 is 22.7 Å². The summed E-state index contributed by atoms with van der Waals surface area (Å²) in [7, 11) is 1.19. The number of aromatic nitrogens is 1. The number of halogens is 4. The molecule has 1 aliphatic rings. The van der Waals surface area contributed by atoms with Crippen LogP contribution in [0.25, 0.3) is 0 Å². The summed E-state index contributed by atoms with van der Waals surface area (Å²) >= 11 is 3.15. The highest BCUT2D eigenvalue weighted by atomic mass is 79.9. The highest BCUT2D eigenvalue weighted by Crippen LogP contribution is 2.42. The Balaban J connectivity index is 1.97. The minimum Gasteiger partial charge on any atom is -0.496 e. The van der Waals surface area contributed by atoms with Gasteiger partial charge in [-0.25, -0.2) is 8.72 Å². The van der Waals surface area contributed by atoms with Crippen LogP contribution in [-0.4, -0.2) is 24.7 Å². The number of alkyl halides is 3. The molecule has 0 unspecified atom stereocenters. The zero-order valence-electron chi connectivity index (χ0n) is 13.0. The van der Waals surface area contributed by atoms with Gasteiger partial charge in [-0.15, -0.1) is 0 Å². The molecule has 9 heteroatoms. The van der Waals surface area contributed by atoms with Crippen LogP contribution < -0.4 is 13.6 Å². The number of urea groups is 1. The Morgan fingerprint density at radius 2 is 2.16 bits per heavy atom. The minimum absolute atomic E-state index is 0.228. The molecule has 0 radical (unpaired) electrons. The maximum Gasteiger partial charge on any atom is 0.420 e. The molecule has 25 heavy (non-hydrogen) atoms. The van der Waals surface area contributed by atoms with Gasteiger partial charge in [0, 0.05) is 18.4 Å². The Bertz CT molecular complexity index is 799. The summed E-state index contributed by atoms with van der Waals surface area (Å²) in [6, 6.07) is 5.12. The fraction of sp³-hybridized carbons (Fsp3) is 0.250. The first-order valence-corrected chi connectivity index (χ1v) is 7.99. The molecule has 2 amide bonds. The third-order valence-corrected chi connectivity index (χ3v) is 4.59. The monoisotopic (exact) mass is 415 g/mol. The minimum atomic E-state index is -4.57. The molecule has 1 aromatic carbocycles. The number of rotatable bonds is 2. The van der Waals surface area contributed by atoms with Gasteiger partial charge in [-0.1, -0.05) is 0 Å². The highest BCUT2D eigenvalue weighted by Gasteiger charge is 2.38. The number of nitrogens with zero attached hydrogens (tertiary/aromatic N) is 3. The van der Waals surface area contributed by atoms with E-state index in [0.717, 1.165) is 6.07 Å². The molecule has 0 fully saturated rings. The number of hydrogen-bond acceptors (Lipinski definition) is 3. The summed E-state index contributed by atoms with van der Waals surface area (Å²) in [5.41, 5.74) is 0.429. The maximum absolute atomic E-state index is 13.2. The van der Waals surface area contributed by atoms with Crippen molar-refractivity contribution in [1.82, 2.24) is 4.98 Å². The molecule has 5 nitrogen and oxygen atoms in total. The van der Waals surface area contributed by atoms with Crippen LogP contribution in [0.4, 0.5) is 29.3 Å². The van der Waals surface area contributed by atoms with Crippen LogP contribution in [0.3, 0.4) is 0 Å². The molecule has 0 aliphatic carbocycles. The lowest BCUT2D eigenvalue weighted by molar-refractivity contribution is -0.138. The molecule has 2 aromatic rings. The van der Waals surface area contributed by atoms with Crippen LogP contribution in [0, 0.1) is 0 Å². The van der Waals surface area contributed by atoms with Crippen LogP contribution in [0.15, 0.2) is 36.7 Å². The molecule has 132 valence electrons. The number of benzene rings is 1. The third-order valence-electron chi connectivity index (χ3n) is 3.87. The fourth-order valence-corrected chi connectivity index (χ4v) is 3.09. The van der Waals surface area contributed by atoms with E-state index in [1.54, 1.807) is 18.3 Å². The van der Waals surface area contributed by atoms with Crippen molar-refractivity contribution in [2.24, 2.45) is 0 Å². The lowest BCUT2D eigenvalue weighted by Crippen LogP contribution is -2.37. The van der Waals surface area contributed by atoms with E-state index in [4.69, 9.17) is 4.74 Å². The quantitative estimate of drug-likeness (QED) is 0.682. The van der Waals surface area contributed by atoms with Crippen LogP contribution in [0.5, 0.6) is 5.75 Å². The first-order valence-electron chi connectivity index (χ1n) is 7.28. The summed E-state index contributed by atoms with van der Waals surface area (Å²) in [6.07, 6.45) is -1.10. The molecule has 2 heterocycles. The number of pyridine rings is 1. The van der Waals surface area contributed by atoms with Crippen molar-refractivity contribution in [2.45, 2.75) is 12.6 Å². The van der Waals surface area contributed by atoms with Gasteiger partial charge in [0.2, 0.25) is 0 Å². The molecule has 0 spiro atoms. The first kappa shape index (κ1) is 17.5. The molecule has 0 bridgehead atoms. The number of ether oxygens (including phenoxy) is 1. The first-order chi connectivity index (χ1) is 11.8. The second kappa shape index (κ2) is 6.55. The summed E-state index contributed by atoms with van der Waals surface area (Å²) in [5, 5.41) is 0. The van der Waals surface area contributed by atoms with E-state index in [-0.39, 0.29) is 18.0 Å². The topological polar surface area (TPSA) is 45.7 Å². The number of fused-ring (bicyclic) bond motifs is 1. The van der Waals surface area contributed by atoms with E-state index in [1.165, 1.54) is 28.2 Å². The summed E-state index contributed by atoms with van der Waals surface area (Å²) < 4.78 is 45.8. The number of hydrogen-bond donors (Lipinski definition) is 0. The second-order valence-electron chi connectivity index (χ2n) is 5.36. The number of carbonyl (C=O) groups is 1. The van der Waals surface area contributed by atoms with Gasteiger partial charge in [0.15, 0.2) is 0 Å². The Morgan fingerprint density at radius 3 is 2.76 bits per heavy atom. The molecule has 0 saturated heterocycles. The predicted molar refractivity (Wildman–Crippen MR) is 90.1 cm³/mol. The number of methoxy groups -OCH3 is 1. The van der Waals surface area contributed by atoms with Crippen molar-refractivity contribution in [1.29, 1.82) is 0 Å². The Hall–Kier alpha value is -2.29. The van der Waals surface area contributed by atoms with Crippen molar-refractivity contribution in [3.63, 3.8) is 0 Å². The van der Waals surface area contributed by atoms with Crippen LogP contribution >= 0.6 is 16.1 Å². The molecular formula is C16H13BrF3N3O2. The molecule has 1 aromatic heterocycles. The number of carbonyl (C=O) groups excluding carboxylic acids is 1. The van der Waals surface area contributed by atoms with Gasteiger partial charge in [0.1, 0.15) is 5.75 Å². The van der Waals surface area contributed by atoms with E-state index < -0.39 is 17.8 Å².